The van der Waals surface area contributed by atoms with Gasteiger partial charge in [0.15, 0.2) is 0 Å². The fourth-order valence-corrected chi connectivity index (χ4v) is 1.25. The normalized spacial score (nSPS) is 25.4. The minimum atomic E-state index is 0.481. The van der Waals surface area contributed by atoms with Crippen molar-refractivity contribution in [1.29, 1.82) is 0 Å². The van der Waals surface area contributed by atoms with Gasteiger partial charge in [-0.1, -0.05) is 0 Å². The molecule has 0 bridgehead atoms. The molecule has 4 nitrogen and oxygen atoms in total. The Bertz CT molecular complexity index is 188. The summed E-state index contributed by atoms with van der Waals surface area (Å²) >= 11 is 0. The zero-order valence-corrected chi connectivity index (χ0v) is 5.70. The summed E-state index contributed by atoms with van der Waals surface area (Å²) in [5.74, 6) is 0. The molecule has 0 radical (unpaired) electrons. The van der Waals surface area contributed by atoms with E-state index in [9.17, 15) is 0 Å². The van der Waals surface area contributed by atoms with Crippen LogP contribution in [-0.2, 0) is 0 Å². The van der Waals surface area contributed by atoms with Gasteiger partial charge in [0.1, 0.15) is 0 Å². The summed E-state index contributed by atoms with van der Waals surface area (Å²) < 4.78 is 0. The molecular weight excluding hydrogens is 128 g/mol. The highest BCUT2D eigenvalue weighted by Crippen LogP contribution is 2.10. The van der Waals surface area contributed by atoms with Crippen LogP contribution in [0.15, 0.2) is 12.4 Å². The van der Waals surface area contributed by atoms with Crippen LogP contribution in [0.5, 0.6) is 0 Å². The standard InChI is InChI=1S/C6H10N4/c1-2-7-5-6(1)10-8-3-4-9-10/h3-4,6-7H,1-2,5H2/t6-/m0/s1. The lowest BCUT2D eigenvalue weighted by Gasteiger charge is -2.04. The molecule has 0 unspecified atom stereocenters. The third-order valence-corrected chi connectivity index (χ3v) is 1.80. The molecule has 2 rings (SSSR count). The monoisotopic (exact) mass is 138 g/mol. The number of hydrogen-bond donors (Lipinski definition) is 1. The van der Waals surface area contributed by atoms with Gasteiger partial charge in [0, 0.05) is 6.54 Å². The molecule has 1 aromatic rings. The summed E-state index contributed by atoms with van der Waals surface area (Å²) in [5.41, 5.74) is 0. The fraction of sp³-hybridized carbons (Fsp3) is 0.667. The van der Waals surface area contributed by atoms with E-state index in [4.69, 9.17) is 0 Å². The van der Waals surface area contributed by atoms with Gasteiger partial charge in [0.2, 0.25) is 0 Å². The van der Waals surface area contributed by atoms with E-state index in [0.717, 1.165) is 19.5 Å². The average Bonchev–Trinajstić information content (AvgIpc) is 2.59. The van der Waals surface area contributed by atoms with Crippen LogP contribution in [0.25, 0.3) is 0 Å². The number of rotatable bonds is 1. The van der Waals surface area contributed by atoms with Gasteiger partial charge < -0.3 is 5.32 Å². The molecule has 54 valence electrons. The van der Waals surface area contributed by atoms with E-state index in [2.05, 4.69) is 15.5 Å². The fourth-order valence-electron chi connectivity index (χ4n) is 1.25. The maximum atomic E-state index is 4.06. The van der Waals surface area contributed by atoms with E-state index in [1.165, 1.54) is 0 Å². The first-order chi connectivity index (χ1) is 4.97. The molecule has 1 fully saturated rings. The Balaban J connectivity index is 2.12. The summed E-state index contributed by atoms with van der Waals surface area (Å²) in [5, 5.41) is 11.4. The molecule has 0 spiro atoms. The minimum Gasteiger partial charge on any atom is -0.314 e. The predicted molar refractivity (Wildman–Crippen MR) is 36.5 cm³/mol. The van der Waals surface area contributed by atoms with Crippen molar-refractivity contribution in [2.75, 3.05) is 13.1 Å². The molecule has 1 aliphatic rings. The summed E-state index contributed by atoms with van der Waals surface area (Å²) in [6, 6.07) is 0.481. The van der Waals surface area contributed by atoms with Crippen molar-refractivity contribution in [3.8, 4) is 0 Å². The molecule has 1 atom stereocenters. The predicted octanol–water partition coefficient (Wildman–Crippen LogP) is -0.188. The van der Waals surface area contributed by atoms with Crippen LogP contribution in [0.1, 0.15) is 12.5 Å². The summed E-state index contributed by atoms with van der Waals surface area (Å²) in [4.78, 5) is 1.78. The minimum absolute atomic E-state index is 0.481. The van der Waals surface area contributed by atoms with Crippen LogP contribution in [0.4, 0.5) is 0 Å². The maximum Gasteiger partial charge on any atom is 0.0852 e. The number of nitrogens with zero attached hydrogens (tertiary/aromatic N) is 3. The molecule has 0 amide bonds. The molecule has 2 heterocycles. The molecule has 0 saturated carbocycles. The van der Waals surface area contributed by atoms with E-state index >= 15 is 0 Å². The average molecular weight is 138 g/mol. The lowest BCUT2D eigenvalue weighted by atomic mass is 10.3. The second-order valence-electron chi connectivity index (χ2n) is 2.50. The molecule has 0 aromatic carbocycles. The Morgan fingerprint density at radius 1 is 1.40 bits per heavy atom. The molecule has 1 N–H and O–H groups in total. The second-order valence-corrected chi connectivity index (χ2v) is 2.50. The number of nitrogens with one attached hydrogen (secondary N) is 1. The third kappa shape index (κ3) is 0.903. The summed E-state index contributed by atoms with van der Waals surface area (Å²) in [7, 11) is 0. The van der Waals surface area contributed by atoms with Gasteiger partial charge in [-0.05, 0) is 13.0 Å². The van der Waals surface area contributed by atoms with E-state index in [0.29, 0.717) is 6.04 Å². The largest absolute Gasteiger partial charge is 0.314 e. The van der Waals surface area contributed by atoms with Gasteiger partial charge in [0.25, 0.3) is 0 Å². The van der Waals surface area contributed by atoms with Crippen LogP contribution in [-0.4, -0.2) is 28.1 Å². The van der Waals surface area contributed by atoms with Gasteiger partial charge in [-0.15, -0.1) is 0 Å². The molecule has 4 heteroatoms. The van der Waals surface area contributed by atoms with Crippen molar-refractivity contribution in [1.82, 2.24) is 20.3 Å². The highest BCUT2D eigenvalue weighted by atomic mass is 15.5. The summed E-state index contributed by atoms with van der Waals surface area (Å²) in [6.07, 6.45) is 4.59. The zero-order chi connectivity index (χ0) is 6.81. The quantitative estimate of drug-likeness (QED) is 0.585. The van der Waals surface area contributed by atoms with E-state index in [-0.39, 0.29) is 0 Å². The smallest absolute Gasteiger partial charge is 0.0852 e. The number of aromatic nitrogens is 3. The van der Waals surface area contributed by atoms with Crippen molar-refractivity contribution < 1.29 is 0 Å². The zero-order valence-electron chi connectivity index (χ0n) is 5.70. The molecule has 10 heavy (non-hydrogen) atoms. The number of hydrogen-bond acceptors (Lipinski definition) is 3. The first-order valence-corrected chi connectivity index (χ1v) is 3.53. The highest BCUT2D eigenvalue weighted by molar-refractivity contribution is 4.75. The Labute approximate surface area is 59.2 Å². The Morgan fingerprint density at radius 3 is 2.80 bits per heavy atom. The SMILES string of the molecule is c1cnn([C@H]2CCNC2)n1. The van der Waals surface area contributed by atoms with Crippen molar-refractivity contribution in [2.24, 2.45) is 0 Å². The van der Waals surface area contributed by atoms with E-state index in [1.54, 1.807) is 17.2 Å². The third-order valence-electron chi connectivity index (χ3n) is 1.80. The van der Waals surface area contributed by atoms with Crippen molar-refractivity contribution in [3.63, 3.8) is 0 Å². The topological polar surface area (TPSA) is 42.7 Å². The first-order valence-electron chi connectivity index (χ1n) is 3.53. The van der Waals surface area contributed by atoms with E-state index in [1.807, 2.05) is 0 Å². The summed E-state index contributed by atoms with van der Waals surface area (Å²) in [6.45, 7) is 2.10. The molecular formula is C6H10N4. The molecule has 1 aliphatic heterocycles. The first kappa shape index (κ1) is 5.85. The van der Waals surface area contributed by atoms with E-state index < -0.39 is 0 Å². The Hall–Kier alpha value is -0.900. The van der Waals surface area contributed by atoms with Gasteiger partial charge in [-0.25, -0.2) is 0 Å². The van der Waals surface area contributed by atoms with Gasteiger partial charge in [0.05, 0.1) is 18.4 Å². The van der Waals surface area contributed by atoms with Crippen LogP contribution >= 0.6 is 0 Å². The highest BCUT2D eigenvalue weighted by Gasteiger charge is 2.16. The van der Waals surface area contributed by atoms with Crippen LogP contribution in [0, 0.1) is 0 Å². The van der Waals surface area contributed by atoms with Gasteiger partial charge >= 0.3 is 0 Å². The Morgan fingerprint density at radius 2 is 2.20 bits per heavy atom. The lowest BCUT2D eigenvalue weighted by Crippen LogP contribution is -2.15. The van der Waals surface area contributed by atoms with Crippen molar-refractivity contribution >= 4 is 0 Å². The van der Waals surface area contributed by atoms with Crippen molar-refractivity contribution in [2.45, 2.75) is 12.5 Å². The molecule has 1 aromatic heterocycles. The van der Waals surface area contributed by atoms with Crippen LogP contribution in [0.3, 0.4) is 0 Å². The Kier molecular flexibility index (Phi) is 1.39. The second kappa shape index (κ2) is 2.38. The maximum absolute atomic E-state index is 4.06. The lowest BCUT2D eigenvalue weighted by molar-refractivity contribution is 0.433. The van der Waals surface area contributed by atoms with Crippen LogP contribution in [0.2, 0.25) is 0 Å². The van der Waals surface area contributed by atoms with Crippen molar-refractivity contribution in [3.05, 3.63) is 12.4 Å². The molecule has 0 aliphatic carbocycles. The van der Waals surface area contributed by atoms with Gasteiger partial charge in [-0.2, -0.15) is 15.0 Å². The molecule has 1 saturated heterocycles. The van der Waals surface area contributed by atoms with Crippen LogP contribution < -0.4 is 5.32 Å². The van der Waals surface area contributed by atoms with Gasteiger partial charge in [-0.3, -0.25) is 0 Å².